The summed E-state index contributed by atoms with van der Waals surface area (Å²) in [4.78, 5) is 28.0. The first kappa shape index (κ1) is 20.5. The maximum Gasteiger partial charge on any atom is 0.200 e. The van der Waals surface area contributed by atoms with Crippen LogP contribution in [0.3, 0.4) is 0 Å². The molecule has 1 aromatic heterocycles. The molecule has 2 heterocycles. The third-order valence-electron chi connectivity index (χ3n) is 6.08. The van der Waals surface area contributed by atoms with Crippen molar-refractivity contribution in [3.8, 4) is 5.75 Å². The van der Waals surface area contributed by atoms with Crippen LogP contribution in [-0.2, 0) is 0 Å². The van der Waals surface area contributed by atoms with Crippen LogP contribution in [0.15, 0.2) is 53.5 Å². The summed E-state index contributed by atoms with van der Waals surface area (Å²) in [6.07, 6.45) is 6.51. The summed E-state index contributed by atoms with van der Waals surface area (Å²) >= 11 is 0. The number of allylic oxidation sites excluding steroid dienone is 1. The molecule has 2 fully saturated rings. The van der Waals surface area contributed by atoms with Crippen molar-refractivity contribution < 1.29 is 14.3 Å². The topological polar surface area (TPSA) is 74.6 Å². The Morgan fingerprint density at radius 2 is 1.84 bits per heavy atom. The number of anilines is 1. The van der Waals surface area contributed by atoms with Crippen LogP contribution >= 0.6 is 0 Å². The predicted molar refractivity (Wildman–Crippen MR) is 123 cm³/mol. The summed E-state index contributed by atoms with van der Waals surface area (Å²) in [6, 6.07) is 9.67. The average molecular weight is 433 g/mol. The molecule has 3 aromatic rings. The zero-order valence-electron chi connectivity index (χ0n) is 17.6. The van der Waals surface area contributed by atoms with Gasteiger partial charge in [0.05, 0.1) is 16.8 Å². The lowest BCUT2D eigenvalue weighted by molar-refractivity contribution is 0.104. The summed E-state index contributed by atoms with van der Waals surface area (Å²) in [5.74, 6) is -0.730. The summed E-state index contributed by atoms with van der Waals surface area (Å²) in [5.41, 5.74) is 1.48. The zero-order valence-corrected chi connectivity index (χ0v) is 17.6. The number of hydrogen-bond donors (Lipinski definition) is 2. The molecule has 164 valence electrons. The Morgan fingerprint density at radius 3 is 2.53 bits per heavy atom. The Hall–Kier alpha value is -3.45. The van der Waals surface area contributed by atoms with E-state index in [4.69, 9.17) is 0 Å². The van der Waals surface area contributed by atoms with E-state index in [1.807, 2.05) is 9.47 Å². The van der Waals surface area contributed by atoms with Gasteiger partial charge in [-0.15, -0.1) is 0 Å². The molecule has 2 aliphatic rings. The number of aromatic hydroxyl groups is 1. The third kappa shape index (κ3) is 3.91. The minimum Gasteiger partial charge on any atom is -0.508 e. The molecule has 0 atom stereocenters. The predicted octanol–water partition coefficient (Wildman–Crippen LogP) is 3.49. The minimum absolute atomic E-state index is 0.0359. The van der Waals surface area contributed by atoms with Crippen LogP contribution in [0.1, 0.15) is 34.8 Å². The highest BCUT2D eigenvalue weighted by Crippen LogP contribution is 2.38. The molecule has 5 rings (SSSR count). The molecular formula is C25H24FN3O3. The van der Waals surface area contributed by atoms with Crippen LogP contribution in [0.5, 0.6) is 5.75 Å². The van der Waals surface area contributed by atoms with Gasteiger partial charge in [-0.25, -0.2) is 4.39 Å². The van der Waals surface area contributed by atoms with E-state index in [1.54, 1.807) is 30.5 Å². The van der Waals surface area contributed by atoms with Crippen LogP contribution in [0.4, 0.5) is 10.1 Å². The van der Waals surface area contributed by atoms with Crippen molar-refractivity contribution in [2.45, 2.75) is 18.9 Å². The highest BCUT2D eigenvalue weighted by atomic mass is 19.1. The Labute approximate surface area is 184 Å². The quantitative estimate of drug-likeness (QED) is 0.476. The van der Waals surface area contributed by atoms with Gasteiger partial charge >= 0.3 is 0 Å². The van der Waals surface area contributed by atoms with Gasteiger partial charge in [0.2, 0.25) is 5.43 Å². The molecule has 0 amide bonds. The van der Waals surface area contributed by atoms with Gasteiger partial charge in [-0.1, -0.05) is 18.2 Å². The number of carbonyl (C=O) groups excluding carboxylic acids is 1. The molecule has 2 aromatic carbocycles. The minimum atomic E-state index is -0.456. The van der Waals surface area contributed by atoms with Gasteiger partial charge in [-0.2, -0.15) is 0 Å². The molecule has 0 unspecified atom stereocenters. The van der Waals surface area contributed by atoms with Crippen molar-refractivity contribution >= 4 is 28.4 Å². The Kier molecular flexibility index (Phi) is 5.27. The number of benzene rings is 2. The summed E-state index contributed by atoms with van der Waals surface area (Å²) in [5, 5.41) is 12.9. The number of rotatable bonds is 5. The Balaban J connectivity index is 1.57. The van der Waals surface area contributed by atoms with Crippen molar-refractivity contribution in [3.05, 3.63) is 75.8 Å². The summed E-state index contributed by atoms with van der Waals surface area (Å²) in [7, 11) is 0. The lowest BCUT2D eigenvalue weighted by Gasteiger charge is -2.30. The monoisotopic (exact) mass is 433 g/mol. The number of nitrogens with zero attached hydrogens (tertiary/aromatic N) is 2. The zero-order chi connectivity index (χ0) is 22.2. The molecule has 6 nitrogen and oxygen atoms in total. The van der Waals surface area contributed by atoms with E-state index in [0.29, 0.717) is 24.3 Å². The molecule has 1 saturated carbocycles. The standard InChI is InChI=1S/C25H24FN3O3/c26-21-13-19-22(14-23(21)28-11-9-27-10-12-28)29(17-4-5-17)15-20(25(19)32)24(31)8-3-16-1-6-18(30)7-2-16/h1-3,6-8,13-15,17,27,30H,4-5,9-12H2. The van der Waals surface area contributed by atoms with Crippen LogP contribution < -0.4 is 15.6 Å². The number of pyridine rings is 1. The number of hydrogen-bond acceptors (Lipinski definition) is 5. The smallest absolute Gasteiger partial charge is 0.200 e. The second-order valence-electron chi connectivity index (χ2n) is 8.36. The maximum atomic E-state index is 15.0. The number of halogens is 1. The van der Waals surface area contributed by atoms with Gasteiger partial charge in [-0.3, -0.25) is 9.59 Å². The molecule has 7 heteroatoms. The van der Waals surface area contributed by atoms with Gasteiger partial charge in [0.15, 0.2) is 5.78 Å². The van der Waals surface area contributed by atoms with Gasteiger partial charge in [0.25, 0.3) is 0 Å². The van der Waals surface area contributed by atoms with E-state index in [9.17, 15) is 14.7 Å². The van der Waals surface area contributed by atoms with E-state index in [1.165, 1.54) is 24.3 Å². The Bertz CT molecular complexity index is 1270. The molecule has 1 saturated heterocycles. The largest absolute Gasteiger partial charge is 0.508 e. The molecule has 0 radical (unpaired) electrons. The van der Waals surface area contributed by atoms with E-state index in [2.05, 4.69) is 5.32 Å². The number of piperazine rings is 1. The first-order valence-corrected chi connectivity index (χ1v) is 10.9. The summed E-state index contributed by atoms with van der Waals surface area (Å²) in [6.45, 7) is 2.98. The third-order valence-corrected chi connectivity index (χ3v) is 6.08. The van der Waals surface area contributed by atoms with Crippen molar-refractivity contribution in [3.63, 3.8) is 0 Å². The van der Waals surface area contributed by atoms with Crippen molar-refractivity contribution in [1.82, 2.24) is 9.88 Å². The second-order valence-corrected chi connectivity index (χ2v) is 8.36. The van der Waals surface area contributed by atoms with Crippen LogP contribution in [0.25, 0.3) is 17.0 Å². The van der Waals surface area contributed by atoms with Gasteiger partial charge < -0.3 is 19.9 Å². The Morgan fingerprint density at radius 1 is 1.12 bits per heavy atom. The van der Waals surface area contributed by atoms with Crippen molar-refractivity contribution in [1.29, 1.82) is 0 Å². The maximum absolute atomic E-state index is 15.0. The SMILES string of the molecule is O=C(C=Cc1ccc(O)cc1)c1cn(C2CC2)c2cc(N3CCNCC3)c(F)cc2c1=O. The number of phenolic OH excluding ortho intramolecular Hbond substituents is 1. The molecule has 0 spiro atoms. The van der Waals surface area contributed by atoms with E-state index in [-0.39, 0.29) is 22.7 Å². The number of fused-ring (bicyclic) bond motifs is 1. The molecule has 1 aliphatic carbocycles. The normalized spacial score (nSPS) is 16.7. The van der Waals surface area contributed by atoms with E-state index >= 15 is 4.39 Å². The fourth-order valence-corrected chi connectivity index (χ4v) is 4.18. The second kappa shape index (κ2) is 8.24. The average Bonchev–Trinajstić information content (AvgIpc) is 3.65. The lowest BCUT2D eigenvalue weighted by atomic mass is 10.1. The number of phenols is 1. The van der Waals surface area contributed by atoms with Crippen molar-refractivity contribution in [2.24, 2.45) is 0 Å². The molecule has 32 heavy (non-hydrogen) atoms. The fraction of sp³-hybridized carbons (Fsp3) is 0.280. The van der Waals surface area contributed by atoms with Crippen LogP contribution in [0.2, 0.25) is 0 Å². The van der Waals surface area contributed by atoms with Gasteiger partial charge in [-0.05, 0) is 48.7 Å². The fourth-order valence-electron chi connectivity index (χ4n) is 4.18. The first-order valence-electron chi connectivity index (χ1n) is 10.9. The van der Waals surface area contributed by atoms with Gasteiger partial charge in [0, 0.05) is 43.8 Å². The highest BCUT2D eigenvalue weighted by Gasteiger charge is 2.27. The lowest BCUT2D eigenvalue weighted by Crippen LogP contribution is -2.43. The highest BCUT2D eigenvalue weighted by molar-refractivity contribution is 6.08. The molecule has 1 aliphatic heterocycles. The number of carbonyl (C=O) groups is 1. The molecule has 2 N–H and O–H groups in total. The van der Waals surface area contributed by atoms with Gasteiger partial charge in [0.1, 0.15) is 11.6 Å². The van der Waals surface area contributed by atoms with E-state index < -0.39 is 17.0 Å². The first-order chi connectivity index (χ1) is 15.5. The number of aromatic nitrogens is 1. The van der Waals surface area contributed by atoms with Crippen LogP contribution in [-0.4, -0.2) is 41.6 Å². The molecular weight excluding hydrogens is 409 g/mol. The molecule has 0 bridgehead atoms. The summed E-state index contributed by atoms with van der Waals surface area (Å²) < 4.78 is 17.0. The number of nitrogens with one attached hydrogen (secondary N) is 1. The van der Waals surface area contributed by atoms with Crippen LogP contribution in [0, 0.1) is 5.82 Å². The number of ketones is 1. The van der Waals surface area contributed by atoms with E-state index in [0.717, 1.165) is 31.5 Å². The van der Waals surface area contributed by atoms with Crippen molar-refractivity contribution in [2.75, 3.05) is 31.1 Å².